The van der Waals surface area contributed by atoms with Gasteiger partial charge in [0.2, 0.25) is 0 Å². The summed E-state index contributed by atoms with van der Waals surface area (Å²) in [6.45, 7) is 13.4. The summed E-state index contributed by atoms with van der Waals surface area (Å²) in [5.41, 5.74) is 1.07. The fourth-order valence-corrected chi connectivity index (χ4v) is 2.68. The van der Waals surface area contributed by atoms with Crippen molar-refractivity contribution < 1.29 is 13.2 Å². The second-order valence-electron chi connectivity index (χ2n) is 7.22. The molecule has 0 nitrogen and oxygen atoms in total. The van der Waals surface area contributed by atoms with Gasteiger partial charge in [-0.05, 0) is 54.2 Å². The highest BCUT2D eigenvalue weighted by atomic mass is 19.2. The third-order valence-corrected chi connectivity index (χ3v) is 3.93. The summed E-state index contributed by atoms with van der Waals surface area (Å²) >= 11 is 0. The van der Waals surface area contributed by atoms with Crippen LogP contribution in [-0.2, 0) is 0 Å². The highest BCUT2D eigenvalue weighted by molar-refractivity contribution is 5.39. The molecule has 0 bridgehead atoms. The molecule has 0 aliphatic carbocycles. The van der Waals surface area contributed by atoms with Crippen LogP contribution in [0, 0.1) is 42.6 Å². The molecule has 0 aromatic heterocycles. The first-order valence-electron chi connectivity index (χ1n) is 7.11. The van der Waals surface area contributed by atoms with Crippen LogP contribution in [0.4, 0.5) is 13.2 Å². The minimum absolute atomic E-state index is 0.00736. The van der Waals surface area contributed by atoms with Gasteiger partial charge >= 0.3 is 0 Å². The molecule has 3 heteroatoms. The Bertz CT molecular complexity index is 467. The molecule has 20 heavy (non-hydrogen) atoms. The second-order valence-corrected chi connectivity index (χ2v) is 7.22. The molecule has 0 aliphatic heterocycles. The summed E-state index contributed by atoms with van der Waals surface area (Å²) in [4.78, 5) is 0. The van der Waals surface area contributed by atoms with E-state index in [1.165, 1.54) is 6.92 Å². The lowest BCUT2D eigenvalue weighted by Crippen LogP contribution is -2.20. The van der Waals surface area contributed by atoms with Crippen LogP contribution >= 0.6 is 0 Å². The second kappa shape index (κ2) is 5.79. The lowest BCUT2D eigenvalue weighted by atomic mass is 9.74. The van der Waals surface area contributed by atoms with E-state index in [-0.39, 0.29) is 22.8 Å². The van der Waals surface area contributed by atoms with Gasteiger partial charge in [0.25, 0.3) is 0 Å². The molecule has 1 atom stereocenters. The van der Waals surface area contributed by atoms with Crippen molar-refractivity contribution in [2.24, 2.45) is 11.3 Å². The van der Waals surface area contributed by atoms with Crippen molar-refractivity contribution in [1.29, 1.82) is 0 Å². The van der Waals surface area contributed by atoms with Crippen LogP contribution in [0.2, 0.25) is 0 Å². The zero-order chi connectivity index (χ0) is 15.8. The van der Waals surface area contributed by atoms with Crippen LogP contribution in [0.1, 0.15) is 63.6 Å². The molecule has 1 aromatic rings. The maximum Gasteiger partial charge on any atom is 0.194 e. The zero-order valence-corrected chi connectivity index (χ0v) is 13.5. The monoisotopic (exact) mass is 286 g/mol. The Kier molecular flexibility index (Phi) is 4.94. The van der Waals surface area contributed by atoms with E-state index in [9.17, 15) is 13.2 Å². The van der Waals surface area contributed by atoms with Crippen molar-refractivity contribution in [2.75, 3.05) is 0 Å². The van der Waals surface area contributed by atoms with Crippen LogP contribution in [0.25, 0.3) is 0 Å². The first kappa shape index (κ1) is 17.1. The van der Waals surface area contributed by atoms with Gasteiger partial charge in [-0.3, -0.25) is 0 Å². The molecule has 1 unspecified atom stereocenters. The average Bonchev–Trinajstić information content (AvgIpc) is 2.31. The Hall–Kier alpha value is -0.990. The standard InChI is InChI=1S/C17H25F3/c1-9(2)12(8-17(5,6)7)13-10(3)11(4)14(18)16(20)15(13)19/h9,12H,8H2,1-7H3. The largest absolute Gasteiger partial charge is 0.203 e. The van der Waals surface area contributed by atoms with Gasteiger partial charge in [-0.1, -0.05) is 34.6 Å². The van der Waals surface area contributed by atoms with E-state index in [1.807, 2.05) is 13.8 Å². The van der Waals surface area contributed by atoms with E-state index < -0.39 is 17.5 Å². The molecule has 1 aromatic carbocycles. The predicted octanol–water partition coefficient (Wildman–Crippen LogP) is 5.90. The van der Waals surface area contributed by atoms with Crippen molar-refractivity contribution in [3.63, 3.8) is 0 Å². The molecule has 0 aliphatic rings. The molecule has 0 spiro atoms. The van der Waals surface area contributed by atoms with Crippen LogP contribution in [-0.4, -0.2) is 0 Å². The fourth-order valence-electron chi connectivity index (χ4n) is 2.68. The van der Waals surface area contributed by atoms with Gasteiger partial charge in [0.05, 0.1) is 0 Å². The Morgan fingerprint density at radius 1 is 0.850 bits per heavy atom. The number of hydrogen-bond donors (Lipinski definition) is 0. The zero-order valence-electron chi connectivity index (χ0n) is 13.5. The Labute approximate surface area is 120 Å². The molecule has 0 saturated carbocycles. The highest BCUT2D eigenvalue weighted by Gasteiger charge is 2.30. The summed E-state index contributed by atoms with van der Waals surface area (Å²) in [5, 5.41) is 0. The van der Waals surface area contributed by atoms with Crippen molar-refractivity contribution in [2.45, 2.75) is 60.8 Å². The molecular formula is C17H25F3. The van der Waals surface area contributed by atoms with Crippen molar-refractivity contribution in [1.82, 2.24) is 0 Å². The number of benzene rings is 1. The summed E-state index contributed by atoms with van der Waals surface area (Å²) < 4.78 is 41.6. The Balaban J connectivity index is 3.49. The Morgan fingerprint density at radius 2 is 1.35 bits per heavy atom. The molecule has 0 saturated heterocycles. The molecular weight excluding hydrogens is 261 g/mol. The van der Waals surface area contributed by atoms with Gasteiger partial charge in [0, 0.05) is 0 Å². The van der Waals surface area contributed by atoms with Gasteiger partial charge in [-0.2, -0.15) is 0 Å². The van der Waals surface area contributed by atoms with Gasteiger partial charge in [-0.25, -0.2) is 13.2 Å². The van der Waals surface area contributed by atoms with E-state index in [2.05, 4.69) is 20.8 Å². The minimum atomic E-state index is -1.34. The molecule has 1 rings (SSSR count). The average molecular weight is 286 g/mol. The number of halogens is 3. The van der Waals surface area contributed by atoms with E-state index in [1.54, 1.807) is 6.92 Å². The highest BCUT2D eigenvalue weighted by Crippen LogP contribution is 2.40. The minimum Gasteiger partial charge on any atom is -0.203 e. The van der Waals surface area contributed by atoms with Crippen molar-refractivity contribution >= 4 is 0 Å². The Morgan fingerprint density at radius 3 is 1.75 bits per heavy atom. The van der Waals surface area contributed by atoms with Crippen LogP contribution in [0.5, 0.6) is 0 Å². The molecule has 0 radical (unpaired) electrons. The third-order valence-electron chi connectivity index (χ3n) is 3.93. The molecule has 0 heterocycles. The first-order valence-corrected chi connectivity index (χ1v) is 7.11. The maximum atomic E-state index is 14.3. The lowest BCUT2D eigenvalue weighted by molar-refractivity contribution is 0.292. The van der Waals surface area contributed by atoms with E-state index >= 15 is 0 Å². The van der Waals surface area contributed by atoms with E-state index in [0.717, 1.165) is 6.42 Å². The third kappa shape index (κ3) is 3.36. The lowest BCUT2D eigenvalue weighted by Gasteiger charge is -2.31. The topological polar surface area (TPSA) is 0 Å². The van der Waals surface area contributed by atoms with Crippen LogP contribution in [0.3, 0.4) is 0 Å². The summed E-state index contributed by atoms with van der Waals surface area (Å²) in [6.07, 6.45) is 0.729. The number of hydrogen-bond acceptors (Lipinski definition) is 0. The summed E-state index contributed by atoms with van der Waals surface area (Å²) in [5.74, 6) is -3.39. The first-order chi connectivity index (χ1) is 8.97. The summed E-state index contributed by atoms with van der Waals surface area (Å²) in [6, 6.07) is 0. The maximum absolute atomic E-state index is 14.3. The van der Waals surface area contributed by atoms with E-state index in [4.69, 9.17) is 0 Å². The molecule has 0 amide bonds. The molecule has 0 fully saturated rings. The number of rotatable bonds is 3. The molecule has 0 N–H and O–H groups in total. The summed E-state index contributed by atoms with van der Waals surface area (Å²) in [7, 11) is 0. The predicted molar refractivity (Wildman–Crippen MR) is 77.4 cm³/mol. The van der Waals surface area contributed by atoms with Crippen LogP contribution in [0.15, 0.2) is 0 Å². The van der Waals surface area contributed by atoms with Crippen molar-refractivity contribution in [3.8, 4) is 0 Å². The SMILES string of the molecule is Cc1c(C)c(C(CC(C)(C)C)C(C)C)c(F)c(F)c1F. The quantitative estimate of drug-likeness (QED) is 0.607. The van der Waals surface area contributed by atoms with Gasteiger partial charge in [-0.15, -0.1) is 0 Å². The van der Waals surface area contributed by atoms with Gasteiger partial charge < -0.3 is 0 Å². The van der Waals surface area contributed by atoms with Crippen LogP contribution < -0.4 is 0 Å². The fraction of sp³-hybridized carbons (Fsp3) is 0.647. The smallest absolute Gasteiger partial charge is 0.194 e. The van der Waals surface area contributed by atoms with Crippen molar-refractivity contribution in [3.05, 3.63) is 34.1 Å². The normalized spacial score (nSPS) is 13.9. The van der Waals surface area contributed by atoms with Gasteiger partial charge in [0.1, 0.15) is 0 Å². The van der Waals surface area contributed by atoms with E-state index in [0.29, 0.717) is 11.1 Å². The molecule has 114 valence electrons. The van der Waals surface area contributed by atoms with Gasteiger partial charge in [0.15, 0.2) is 17.5 Å².